The third kappa shape index (κ3) is 3.37. The largest absolute Gasteiger partial charge is 0.469 e. The van der Waals surface area contributed by atoms with Crippen LogP contribution in [0, 0.1) is 13.8 Å². The lowest BCUT2D eigenvalue weighted by Crippen LogP contribution is -2.18. The molecule has 1 atom stereocenters. The van der Waals surface area contributed by atoms with Crippen LogP contribution in [0.4, 0.5) is 0 Å². The molecule has 0 aromatic heterocycles. The highest BCUT2D eigenvalue weighted by atomic mass is 16.5. The van der Waals surface area contributed by atoms with Crippen LogP contribution in [-0.2, 0) is 14.9 Å². The molecule has 0 fully saturated rings. The van der Waals surface area contributed by atoms with Crippen LogP contribution < -0.4 is 0 Å². The first-order valence-corrected chi connectivity index (χ1v) is 6.91. The molecule has 106 valence electrons. The molecule has 0 radical (unpaired) electrons. The van der Waals surface area contributed by atoms with Gasteiger partial charge in [-0.15, -0.1) is 0 Å². The summed E-state index contributed by atoms with van der Waals surface area (Å²) in [5.41, 5.74) is 4.93. The Morgan fingerprint density at radius 1 is 1.21 bits per heavy atom. The molecule has 0 saturated carbocycles. The van der Waals surface area contributed by atoms with Crippen molar-refractivity contribution < 1.29 is 9.53 Å². The van der Waals surface area contributed by atoms with Crippen LogP contribution in [0.25, 0.3) is 0 Å². The van der Waals surface area contributed by atoms with Gasteiger partial charge in [-0.25, -0.2) is 0 Å². The summed E-state index contributed by atoms with van der Waals surface area (Å²) in [6.45, 7) is 12.8. The van der Waals surface area contributed by atoms with Crippen LogP contribution >= 0.6 is 0 Å². The van der Waals surface area contributed by atoms with Gasteiger partial charge in [0.1, 0.15) is 0 Å². The van der Waals surface area contributed by atoms with Crippen LogP contribution in [0.5, 0.6) is 0 Å². The molecule has 0 heterocycles. The Balaban J connectivity index is 3.34. The van der Waals surface area contributed by atoms with E-state index in [1.807, 2.05) is 6.92 Å². The van der Waals surface area contributed by atoms with Gasteiger partial charge in [-0.2, -0.15) is 0 Å². The minimum atomic E-state index is -0.154. The number of carbonyl (C=O) groups excluding carboxylic acids is 1. The first kappa shape index (κ1) is 15.7. The summed E-state index contributed by atoms with van der Waals surface area (Å²) >= 11 is 0. The molecular formula is C17H26O2. The Kier molecular flexibility index (Phi) is 4.78. The van der Waals surface area contributed by atoms with Crippen molar-refractivity contribution in [2.45, 2.75) is 59.3 Å². The number of hydrogen-bond donors (Lipinski definition) is 0. The summed E-state index contributed by atoms with van der Waals surface area (Å²) < 4.78 is 4.93. The van der Waals surface area contributed by atoms with Crippen LogP contribution in [0.3, 0.4) is 0 Å². The Morgan fingerprint density at radius 3 is 2.00 bits per heavy atom. The van der Waals surface area contributed by atoms with E-state index in [2.05, 4.69) is 46.8 Å². The molecular weight excluding hydrogens is 236 g/mol. The molecule has 0 bridgehead atoms. The van der Waals surface area contributed by atoms with Crippen LogP contribution in [0.15, 0.2) is 12.1 Å². The minimum absolute atomic E-state index is 0.126. The fourth-order valence-electron chi connectivity index (χ4n) is 2.59. The number of methoxy groups -OCH3 is 1. The first-order valence-electron chi connectivity index (χ1n) is 6.91. The van der Waals surface area contributed by atoms with Crippen LogP contribution in [0.2, 0.25) is 0 Å². The van der Waals surface area contributed by atoms with E-state index >= 15 is 0 Å². The molecule has 0 aliphatic carbocycles. The van der Waals surface area contributed by atoms with Gasteiger partial charge in [-0.05, 0) is 47.9 Å². The molecule has 0 N–H and O–H groups in total. The molecule has 0 spiro atoms. The van der Waals surface area contributed by atoms with E-state index in [0.29, 0.717) is 0 Å². The maximum atomic E-state index is 11.9. The average Bonchev–Trinajstić information content (AvgIpc) is 2.31. The van der Waals surface area contributed by atoms with Gasteiger partial charge < -0.3 is 4.74 Å². The fraction of sp³-hybridized carbons (Fsp3) is 0.588. The van der Waals surface area contributed by atoms with E-state index in [4.69, 9.17) is 4.74 Å². The van der Waals surface area contributed by atoms with E-state index in [0.717, 1.165) is 12.0 Å². The fourth-order valence-corrected chi connectivity index (χ4v) is 2.59. The normalized spacial score (nSPS) is 13.2. The number of benzene rings is 1. The van der Waals surface area contributed by atoms with E-state index in [9.17, 15) is 4.79 Å². The summed E-state index contributed by atoms with van der Waals surface area (Å²) in [6, 6.07) is 4.40. The molecule has 2 nitrogen and oxygen atoms in total. The molecule has 19 heavy (non-hydrogen) atoms. The van der Waals surface area contributed by atoms with Crippen molar-refractivity contribution in [3.05, 3.63) is 34.4 Å². The maximum Gasteiger partial charge on any atom is 0.313 e. The van der Waals surface area contributed by atoms with E-state index in [-0.39, 0.29) is 17.3 Å². The Labute approximate surface area is 117 Å². The highest BCUT2D eigenvalue weighted by Gasteiger charge is 2.24. The molecule has 1 aromatic rings. The van der Waals surface area contributed by atoms with Crippen LogP contribution in [0.1, 0.15) is 62.3 Å². The molecule has 0 aliphatic heterocycles. The Morgan fingerprint density at radius 2 is 1.68 bits per heavy atom. The number of carbonyl (C=O) groups is 1. The smallest absolute Gasteiger partial charge is 0.313 e. The van der Waals surface area contributed by atoms with E-state index in [1.165, 1.54) is 23.8 Å². The summed E-state index contributed by atoms with van der Waals surface area (Å²) in [5.74, 6) is -0.295. The molecule has 1 aromatic carbocycles. The zero-order chi connectivity index (χ0) is 14.8. The minimum Gasteiger partial charge on any atom is -0.469 e. The SMILES string of the molecule is CCC(C(=O)OC)c1c(C)cc(C(C)(C)C)cc1C. The molecule has 0 saturated heterocycles. The summed E-state index contributed by atoms with van der Waals surface area (Å²) in [5, 5.41) is 0. The van der Waals surface area contributed by atoms with Gasteiger partial charge in [0.2, 0.25) is 0 Å². The van der Waals surface area contributed by atoms with Crippen molar-refractivity contribution in [1.29, 1.82) is 0 Å². The number of hydrogen-bond acceptors (Lipinski definition) is 2. The maximum absolute atomic E-state index is 11.9. The third-order valence-electron chi connectivity index (χ3n) is 3.70. The van der Waals surface area contributed by atoms with Gasteiger partial charge >= 0.3 is 5.97 Å². The highest BCUT2D eigenvalue weighted by molar-refractivity contribution is 5.79. The second-order valence-electron chi connectivity index (χ2n) is 6.26. The second-order valence-corrected chi connectivity index (χ2v) is 6.26. The van der Waals surface area contributed by atoms with Gasteiger partial charge in [0, 0.05) is 0 Å². The van der Waals surface area contributed by atoms with Crippen molar-refractivity contribution in [1.82, 2.24) is 0 Å². The van der Waals surface area contributed by atoms with Gasteiger partial charge in [0.15, 0.2) is 0 Å². The molecule has 2 heteroatoms. The zero-order valence-electron chi connectivity index (χ0n) is 13.3. The van der Waals surface area contributed by atoms with Gasteiger partial charge in [-0.1, -0.05) is 39.8 Å². The lowest BCUT2D eigenvalue weighted by molar-refractivity contribution is -0.142. The second kappa shape index (κ2) is 5.77. The molecule has 1 rings (SSSR count). The van der Waals surface area contributed by atoms with E-state index < -0.39 is 0 Å². The van der Waals surface area contributed by atoms with Crippen LogP contribution in [-0.4, -0.2) is 13.1 Å². The quantitative estimate of drug-likeness (QED) is 0.760. The zero-order valence-corrected chi connectivity index (χ0v) is 13.3. The summed E-state index contributed by atoms with van der Waals surface area (Å²) in [4.78, 5) is 11.9. The number of aryl methyl sites for hydroxylation is 2. The number of rotatable bonds is 3. The van der Waals surface area contributed by atoms with Crippen molar-refractivity contribution in [3.8, 4) is 0 Å². The standard InChI is InChI=1S/C17H26O2/c1-8-14(16(18)19-7)15-11(2)9-13(10-12(15)3)17(4,5)6/h9-10,14H,8H2,1-7H3. The first-order chi connectivity index (χ1) is 8.72. The average molecular weight is 262 g/mol. The van der Waals surface area contributed by atoms with Crippen molar-refractivity contribution in [2.75, 3.05) is 7.11 Å². The van der Waals surface area contributed by atoms with Crippen molar-refractivity contribution in [2.24, 2.45) is 0 Å². The molecule has 0 aliphatic rings. The monoisotopic (exact) mass is 262 g/mol. The number of ether oxygens (including phenoxy) is 1. The van der Waals surface area contributed by atoms with E-state index in [1.54, 1.807) is 0 Å². The highest BCUT2D eigenvalue weighted by Crippen LogP contribution is 2.32. The van der Waals surface area contributed by atoms with Gasteiger partial charge in [0.25, 0.3) is 0 Å². The molecule has 1 unspecified atom stereocenters. The Bertz CT molecular complexity index is 444. The third-order valence-corrected chi connectivity index (χ3v) is 3.70. The predicted octanol–water partition coefficient (Wildman–Crippen LogP) is 4.27. The lowest BCUT2D eigenvalue weighted by Gasteiger charge is -2.24. The summed E-state index contributed by atoms with van der Waals surface area (Å²) in [7, 11) is 1.46. The van der Waals surface area contributed by atoms with Gasteiger partial charge in [0.05, 0.1) is 13.0 Å². The van der Waals surface area contributed by atoms with Crippen molar-refractivity contribution >= 4 is 5.97 Å². The lowest BCUT2D eigenvalue weighted by atomic mass is 9.81. The summed E-state index contributed by atoms with van der Waals surface area (Å²) in [6.07, 6.45) is 0.767. The molecule has 0 amide bonds. The van der Waals surface area contributed by atoms with Gasteiger partial charge in [-0.3, -0.25) is 4.79 Å². The topological polar surface area (TPSA) is 26.3 Å². The number of esters is 1. The predicted molar refractivity (Wildman–Crippen MR) is 79.7 cm³/mol. The Hall–Kier alpha value is -1.31. The van der Waals surface area contributed by atoms with Crippen molar-refractivity contribution in [3.63, 3.8) is 0 Å².